The zero-order valence-corrected chi connectivity index (χ0v) is 16.4. The van der Waals surface area contributed by atoms with Gasteiger partial charge in [-0.15, -0.1) is 11.8 Å². The van der Waals surface area contributed by atoms with Crippen LogP contribution in [0.15, 0.2) is 48.5 Å². The molecule has 1 N–H and O–H groups in total. The van der Waals surface area contributed by atoms with Crippen molar-refractivity contribution in [3.05, 3.63) is 57.9 Å². The van der Waals surface area contributed by atoms with Gasteiger partial charge >= 0.3 is 0 Å². The number of halogens is 2. The molecule has 3 amide bonds. The summed E-state index contributed by atoms with van der Waals surface area (Å²) in [5.41, 5.74) is 1.02. The standard InChI is InChI=1S/C18H14FIN2O3S/c19-11-1-5-13(6-2-11)21-16(23)10-26-15-9-17(24)22(18(15)25)14-7-3-12(20)4-8-14/h1-8,15H,9-10H2,(H,21,23). The zero-order valence-electron chi connectivity index (χ0n) is 13.4. The molecule has 26 heavy (non-hydrogen) atoms. The van der Waals surface area contributed by atoms with Crippen LogP contribution < -0.4 is 10.2 Å². The monoisotopic (exact) mass is 484 g/mol. The summed E-state index contributed by atoms with van der Waals surface area (Å²) >= 11 is 3.28. The fourth-order valence-corrected chi connectivity index (χ4v) is 3.79. The van der Waals surface area contributed by atoms with Crippen molar-refractivity contribution in [2.24, 2.45) is 0 Å². The molecule has 5 nitrogen and oxygen atoms in total. The molecular formula is C18H14FIN2O3S. The molecule has 1 atom stereocenters. The van der Waals surface area contributed by atoms with E-state index < -0.39 is 5.25 Å². The lowest BCUT2D eigenvalue weighted by atomic mass is 10.3. The number of anilines is 2. The molecule has 1 unspecified atom stereocenters. The molecule has 0 bridgehead atoms. The van der Waals surface area contributed by atoms with Gasteiger partial charge in [0.2, 0.25) is 17.7 Å². The lowest BCUT2D eigenvalue weighted by molar-refractivity contribution is -0.121. The van der Waals surface area contributed by atoms with Gasteiger partial charge in [0.05, 0.1) is 16.7 Å². The van der Waals surface area contributed by atoms with Gasteiger partial charge in [0.1, 0.15) is 5.82 Å². The minimum absolute atomic E-state index is 0.0294. The molecule has 2 aromatic rings. The second-order valence-corrected chi connectivity index (χ2v) is 8.04. The predicted octanol–water partition coefficient (Wildman–Crippen LogP) is 3.43. The maximum atomic E-state index is 12.9. The van der Waals surface area contributed by atoms with Gasteiger partial charge in [-0.3, -0.25) is 14.4 Å². The molecule has 0 aliphatic carbocycles. The predicted molar refractivity (Wildman–Crippen MR) is 108 cm³/mol. The lowest BCUT2D eigenvalue weighted by Gasteiger charge is -2.15. The number of rotatable bonds is 5. The number of hydrogen-bond donors (Lipinski definition) is 1. The average molecular weight is 484 g/mol. The summed E-state index contributed by atoms with van der Waals surface area (Å²) in [7, 11) is 0. The third kappa shape index (κ3) is 4.42. The van der Waals surface area contributed by atoms with Gasteiger partial charge in [-0.25, -0.2) is 9.29 Å². The number of carbonyl (C=O) groups excluding carboxylic acids is 3. The number of hydrogen-bond acceptors (Lipinski definition) is 4. The molecule has 1 aliphatic heterocycles. The van der Waals surface area contributed by atoms with Crippen LogP contribution in [0.1, 0.15) is 6.42 Å². The summed E-state index contributed by atoms with van der Waals surface area (Å²) in [5.74, 6) is -1.25. The lowest BCUT2D eigenvalue weighted by Crippen LogP contribution is -2.31. The van der Waals surface area contributed by atoms with Crippen molar-refractivity contribution in [1.82, 2.24) is 0 Å². The van der Waals surface area contributed by atoms with Crippen molar-refractivity contribution in [2.45, 2.75) is 11.7 Å². The number of carbonyl (C=O) groups is 3. The van der Waals surface area contributed by atoms with Gasteiger partial charge in [-0.05, 0) is 71.1 Å². The fourth-order valence-electron chi connectivity index (χ4n) is 2.50. The van der Waals surface area contributed by atoms with Crippen molar-refractivity contribution in [3.63, 3.8) is 0 Å². The molecule has 2 aromatic carbocycles. The summed E-state index contributed by atoms with van der Waals surface area (Å²) < 4.78 is 13.9. The van der Waals surface area contributed by atoms with Crippen LogP contribution in [0.2, 0.25) is 0 Å². The molecule has 134 valence electrons. The first-order valence-electron chi connectivity index (χ1n) is 7.73. The highest BCUT2D eigenvalue weighted by molar-refractivity contribution is 14.1. The van der Waals surface area contributed by atoms with Crippen LogP contribution in [0.25, 0.3) is 0 Å². The first kappa shape index (κ1) is 18.8. The van der Waals surface area contributed by atoms with Crippen molar-refractivity contribution < 1.29 is 18.8 Å². The van der Waals surface area contributed by atoms with E-state index in [0.717, 1.165) is 15.3 Å². The van der Waals surface area contributed by atoms with Gasteiger partial charge in [-0.1, -0.05) is 0 Å². The largest absolute Gasteiger partial charge is 0.325 e. The van der Waals surface area contributed by atoms with Gasteiger partial charge in [0, 0.05) is 15.7 Å². The Hall–Kier alpha value is -1.94. The smallest absolute Gasteiger partial charge is 0.247 e. The van der Waals surface area contributed by atoms with Gasteiger partial charge < -0.3 is 5.32 Å². The molecule has 0 aromatic heterocycles. The number of thioether (sulfide) groups is 1. The Morgan fingerprint density at radius 2 is 1.81 bits per heavy atom. The normalized spacial score (nSPS) is 16.8. The van der Waals surface area contributed by atoms with Crippen molar-refractivity contribution >= 4 is 63.4 Å². The van der Waals surface area contributed by atoms with Crippen LogP contribution in [0.5, 0.6) is 0 Å². The summed E-state index contributed by atoms with van der Waals surface area (Å²) in [6, 6.07) is 12.5. The Balaban J connectivity index is 1.57. The van der Waals surface area contributed by atoms with E-state index in [1.54, 1.807) is 12.1 Å². The Kier molecular flexibility index (Phi) is 5.92. The molecule has 0 saturated carbocycles. The molecular weight excluding hydrogens is 470 g/mol. The Morgan fingerprint density at radius 3 is 2.46 bits per heavy atom. The Bertz CT molecular complexity index is 843. The Labute approximate surface area is 167 Å². The SMILES string of the molecule is O=C(CSC1CC(=O)N(c2ccc(I)cc2)C1=O)Nc1ccc(F)cc1. The van der Waals surface area contributed by atoms with E-state index in [4.69, 9.17) is 0 Å². The molecule has 1 heterocycles. The van der Waals surface area contributed by atoms with Crippen molar-refractivity contribution in [3.8, 4) is 0 Å². The quantitative estimate of drug-likeness (QED) is 0.522. The van der Waals surface area contributed by atoms with Gasteiger partial charge in [0.15, 0.2) is 0 Å². The maximum absolute atomic E-state index is 12.9. The first-order chi connectivity index (χ1) is 12.4. The van der Waals surface area contributed by atoms with Crippen LogP contribution in [0.4, 0.5) is 15.8 Å². The number of amides is 3. The third-order valence-electron chi connectivity index (χ3n) is 3.73. The molecule has 1 saturated heterocycles. The summed E-state index contributed by atoms with van der Waals surface area (Å²) in [4.78, 5) is 37.9. The topological polar surface area (TPSA) is 66.5 Å². The van der Waals surface area contributed by atoms with E-state index in [1.165, 1.54) is 29.2 Å². The summed E-state index contributed by atoms with van der Waals surface area (Å²) in [5, 5.41) is 2.05. The van der Waals surface area contributed by atoms with Gasteiger partial charge in [-0.2, -0.15) is 0 Å². The first-order valence-corrected chi connectivity index (χ1v) is 9.86. The van der Waals surface area contributed by atoms with Crippen LogP contribution >= 0.6 is 34.4 Å². The molecule has 1 aliphatic rings. The fraction of sp³-hybridized carbons (Fsp3) is 0.167. The highest BCUT2D eigenvalue weighted by atomic mass is 127. The average Bonchev–Trinajstić information content (AvgIpc) is 2.90. The molecule has 8 heteroatoms. The second kappa shape index (κ2) is 8.17. The molecule has 3 rings (SSSR count). The number of nitrogens with zero attached hydrogens (tertiary/aromatic N) is 1. The summed E-state index contributed by atoms with van der Waals surface area (Å²) in [6.07, 6.45) is 0.0688. The zero-order chi connectivity index (χ0) is 18.7. The highest BCUT2D eigenvalue weighted by Gasteiger charge is 2.40. The molecule has 0 spiro atoms. The van der Waals surface area contributed by atoms with E-state index in [1.807, 2.05) is 12.1 Å². The minimum atomic E-state index is -0.583. The van der Waals surface area contributed by atoms with Crippen LogP contribution in [0.3, 0.4) is 0 Å². The Morgan fingerprint density at radius 1 is 1.15 bits per heavy atom. The van der Waals surface area contributed by atoms with Crippen LogP contribution in [0, 0.1) is 9.39 Å². The second-order valence-electron chi connectivity index (χ2n) is 5.60. The molecule has 1 fully saturated rings. The van der Waals surface area contributed by atoms with E-state index in [2.05, 4.69) is 27.9 Å². The minimum Gasteiger partial charge on any atom is -0.325 e. The van der Waals surface area contributed by atoms with Crippen LogP contribution in [-0.4, -0.2) is 28.7 Å². The van der Waals surface area contributed by atoms with Crippen molar-refractivity contribution in [1.29, 1.82) is 0 Å². The highest BCUT2D eigenvalue weighted by Crippen LogP contribution is 2.30. The van der Waals surface area contributed by atoms with E-state index in [9.17, 15) is 18.8 Å². The van der Waals surface area contributed by atoms with E-state index >= 15 is 0 Å². The van der Waals surface area contributed by atoms with E-state index in [-0.39, 0.29) is 35.7 Å². The third-order valence-corrected chi connectivity index (χ3v) is 5.65. The number of benzene rings is 2. The van der Waals surface area contributed by atoms with Crippen LogP contribution in [-0.2, 0) is 14.4 Å². The maximum Gasteiger partial charge on any atom is 0.247 e. The summed E-state index contributed by atoms with van der Waals surface area (Å²) in [6.45, 7) is 0. The number of nitrogens with one attached hydrogen (secondary N) is 1. The molecule has 0 radical (unpaired) electrons. The van der Waals surface area contributed by atoms with Crippen molar-refractivity contribution in [2.75, 3.05) is 16.0 Å². The van der Waals surface area contributed by atoms with E-state index in [0.29, 0.717) is 11.4 Å². The number of imide groups is 1. The van der Waals surface area contributed by atoms with Gasteiger partial charge in [0.25, 0.3) is 0 Å².